The molecule has 0 amide bonds. The maximum absolute atomic E-state index is 12.5. The summed E-state index contributed by atoms with van der Waals surface area (Å²) in [5.41, 5.74) is 0.250. The number of aromatic nitrogens is 2. The molecule has 9 heteroatoms. The van der Waals surface area contributed by atoms with Crippen LogP contribution in [0.15, 0.2) is 29.1 Å². The lowest BCUT2D eigenvalue weighted by Gasteiger charge is -2.12. The number of phenols is 1. The molecule has 0 aliphatic carbocycles. The molecule has 2 N–H and O–H groups in total. The summed E-state index contributed by atoms with van der Waals surface area (Å²) in [5, 5.41) is 9.78. The van der Waals surface area contributed by atoms with E-state index in [9.17, 15) is 19.5 Å². The molecule has 0 aliphatic rings. The fraction of sp³-hybridized carbons (Fsp3) is 0.263. The minimum Gasteiger partial charge on any atom is -0.508 e. The van der Waals surface area contributed by atoms with Gasteiger partial charge in [-0.15, -0.1) is 11.3 Å². The van der Waals surface area contributed by atoms with Gasteiger partial charge >= 0.3 is 11.9 Å². The topological polar surface area (TPSA) is 119 Å². The van der Waals surface area contributed by atoms with Crippen molar-refractivity contribution in [2.75, 3.05) is 6.61 Å². The second-order valence-electron chi connectivity index (χ2n) is 6.01. The van der Waals surface area contributed by atoms with Crippen LogP contribution in [0.1, 0.15) is 51.4 Å². The van der Waals surface area contributed by atoms with Gasteiger partial charge in [0.2, 0.25) is 0 Å². The highest BCUT2D eigenvalue weighted by Gasteiger charge is 2.22. The Balaban J connectivity index is 1.92. The maximum Gasteiger partial charge on any atom is 0.348 e. The van der Waals surface area contributed by atoms with Crippen LogP contribution < -0.4 is 5.56 Å². The Morgan fingerprint density at radius 3 is 2.75 bits per heavy atom. The number of hydrogen-bond acceptors (Lipinski definition) is 8. The van der Waals surface area contributed by atoms with Crippen LogP contribution in [0, 0.1) is 6.92 Å². The molecule has 0 fully saturated rings. The second-order valence-corrected chi connectivity index (χ2v) is 7.00. The Morgan fingerprint density at radius 1 is 1.32 bits per heavy atom. The van der Waals surface area contributed by atoms with E-state index in [2.05, 4.69) is 9.97 Å². The van der Waals surface area contributed by atoms with Crippen molar-refractivity contribution < 1.29 is 24.2 Å². The third kappa shape index (κ3) is 3.74. The average molecular weight is 402 g/mol. The number of hydrogen-bond donors (Lipinski definition) is 2. The van der Waals surface area contributed by atoms with Crippen LogP contribution in [0.5, 0.6) is 5.75 Å². The Labute approximate surface area is 163 Å². The van der Waals surface area contributed by atoms with Crippen molar-refractivity contribution in [3.8, 4) is 5.75 Å². The first-order valence-electron chi connectivity index (χ1n) is 8.52. The number of aromatic amines is 1. The molecule has 0 aliphatic heterocycles. The highest BCUT2D eigenvalue weighted by Crippen LogP contribution is 2.28. The zero-order valence-electron chi connectivity index (χ0n) is 15.4. The zero-order valence-corrected chi connectivity index (χ0v) is 16.3. The van der Waals surface area contributed by atoms with E-state index in [1.807, 2.05) is 0 Å². The third-order valence-electron chi connectivity index (χ3n) is 4.03. The number of ether oxygens (including phenoxy) is 2. The SMILES string of the molecule is CCOC(=O)c1sc2nc([C@@H](C)OC(=O)c3cccc(O)c3)[nH]c(=O)c2c1C. The van der Waals surface area contributed by atoms with Gasteiger partial charge in [0.25, 0.3) is 5.56 Å². The Bertz CT molecular complexity index is 1120. The van der Waals surface area contributed by atoms with E-state index in [4.69, 9.17) is 9.47 Å². The smallest absolute Gasteiger partial charge is 0.348 e. The first-order valence-corrected chi connectivity index (χ1v) is 9.34. The van der Waals surface area contributed by atoms with Crippen LogP contribution in [0.4, 0.5) is 0 Å². The van der Waals surface area contributed by atoms with E-state index in [1.54, 1.807) is 20.8 Å². The predicted molar refractivity (Wildman–Crippen MR) is 103 cm³/mol. The summed E-state index contributed by atoms with van der Waals surface area (Å²) in [6, 6.07) is 5.74. The summed E-state index contributed by atoms with van der Waals surface area (Å²) in [7, 11) is 0. The monoisotopic (exact) mass is 402 g/mol. The number of nitrogens with one attached hydrogen (secondary N) is 1. The van der Waals surface area contributed by atoms with Gasteiger partial charge in [0.15, 0.2) is 11.9 Å². The van der Waals surface area contributed by atoms with E-state index in [0.29, 0.717) is 20.7 Å². The fourth-order valence-electron chi connectivity index (χ4n) is 2.66. The lowest BCUT2D eigenvalue weighted by atomic mass is 10.2. The van der Waals surface area contributed by atoms with E-state index < -0.39 is 23.6 Å². The molecule has 0 unspecified atom stereocenters. The average Bonchev–Trinajstić information content (AvgIpc) is 2.99. The van der Waals surface area contributed by atoms with Crippen molar-refractivity contribution in [2.24, 2.45) is 0 Å². The number of aryl methyl sites for hydroxylation is 1. The van der Waals surface area contributed by atoms with Gasteiger partial charge in [-0.2, -0.15) is 0 Å². The van der Waals surface area contributed by atoms with Crippen LogP contribution in [0.3, 0.4) is 0 Å². The highest BCUT2D eigenvalue weighted by atomic mass is 32.1. The molecule has 2 aromatic heterocycles. The van der Waals surface area contributed by atoms with Crippen molar-refractivity contribution in [1.82, 2.24) is 9.97 Å². The van der Waals surface area contributed by atoms with Crippen LogP contribution in [-0.4, -0.2) is 33.6 Å². The Morgan fingerprint density at radius 2 is 2.07 bits per heavy atom. The van der Waals surface area contributed by atoms with Gasteiger partial charge in [-0.3, -0.25) is 4.79 Å². The number of esters is 2. The highest BCUT2D eigenvalue weighted by molar-refractivity contribution is 7.20. The number of thiophene rings is 1. The molecule has 1 atom stereocenters. The molecule has 0 saturated heterocycles. The third-order valence-corrected chi connectivity index (χ3v) is 5.20. The van der Waals surface area contributed by atoms with Crippen LogP contribution >= 0.6 is 11.3 Å². The lowest BCUT2D eigenvalue weighted by Crippen LogP contribution is -2.17. The molecule has 0 spiro atoms. The summed E-state index contributed by atoms with van der Waals surface area (Å²) < 4.78 is 10.3. The summed E-state index contributed by atoms with van der Waals surface area (Å²) in [4.78, 5) is 44.4. The molecule has 3 aromatic rings. The molecule has 2 heterocycles. The van der Waals surface area contributed by atoms with Gasteiger partial charge in [0, 0.05) is 0 Å². The first kappa shape index (κ1) is 19.6. The summed E-state index contributed by atoms with van der Waals surface area (Å²) in [5.74, 6) is -1.08. The molecule has 146 valence electrons. The van der Waals surface area contributed by atoms with Gasteiger partial charge < -0.3 is 19.6 Å². The van der Waals surface area contributed by atoms with Crippen LogP contribution in [0.25, 0.3) is 10.2 Å². The van der Waals surface area contributed by atoms with Crippen molar-refractivity contribution in [2.45, 2.75) is 26.9 Å². The number of phenolic OH excluding ortho intramolecular Hbond substituents is 1. The molecular formula is C19H18N2O6S. The van der Waals surface area contributed by atoms with Gasteiger partial charge in [0.1, 0.15) is 15.5 Å². The molecule has 28 heavy (non-hydrogen) atoms. The number of benzene rings is 1. The van der Waals surface area contributed by atoms with Crippen molar-refractivity contribution in [3.05, 3.63) is 56.4 Å². The number of fused-ring (bicyclic) bond motifs is 1. The number of carbonyl (C=O) groups is 2. The van der Waals surface area contributed by atoms with Crippen molar-refractivity contribution in [3.63, 3.8) is 0 Å². The Kier molecular flexibility index (Phi) is 5.46. The van der Waals surface area contributed by atoms with E-state index in [1.165, 1.54) is 24.3 Å². The van der Waals surface area contributed by atoms with Crippen molar-refractivity contribution >= 4 is 33.5 Å². The van der Waals surface area contributed by atoms with Crippen LogP contribution in [0.2, 0.25) is 0 Å². The molecule has 8 nitrogen and oxygen atoms in total. The summed E-state index contributed by atoms with van der Waals surface area (Å²) in [6.45, 7) is 5.15. The van der Waals surface area contributed by atoms with Gasteiger partial charge in [0.05, 0.1) is 17.6 Å². The lowest BCUT2D eigenvalue weighted by molar-refractivity contribution is 0.0319. The predicted octanol–water partition coefficient (Wildman–Crippen LogP) is 3.09. The Hall–Kier alpha value is -3.20. The van der Waals surface area contributed by atoms with E-state index in [-0.39, 0.29) is 23.7 Å². The maximum atomic E-state index is 12.5. The second kappa shape index (κ2) is 7.81. The largest absolute Gasteiger partial charge is 0.508 e. The van der Waals surface area contributed by atoms with Gasteiger partial charge in [-0.05, 0) is 44.5 Å². The molecule has 3 rings (SSSR count). The number of nitrogens with zero attached hydrogens (tertiary/aromatic N) is 1. The molecular weight excluding hydrogens is 384 g/mol. The first-order chi connectivity index (χ1) is 13.3. The van der Waals surface area contributed by atoms with E-state index in [0.717, 1.165) is 11.3 Å². The van der Waals surface area contributed by atoms with Gasteiger partial charge in [-0.25, -0.2) is 14.6 Å². The molecule has 1 aromatic carbocycles. The standard InChI is InChI=1S/C19H18N2O6S/c1-4-26-19(25)14-9(2)13-16(23)20-15(21-17(13)28-14)10(3)27-18(24)11-6-5-7-12(22)8-11/h5-8,10,22H,4H2,1-3H3,(H,20,21,23)/t10-/m1/s1. The number of H-pyrrole nitrogens is 1. The zero-order chi connectivity index (χ0) is 20.4. The van der Waals surface area contributed by atoms with E-state index >= 15 is 0 Å². The molecule has 0 bridgehead atoms. The molecule has 0 saturated carbocycles. The minimum atomic E-state index is -0.847. The number of rotatable bonds is 5. The molecule has 0 radical (unpaired) electrons. The minimum absolute atomic E-state index is 0.0596. The fourth-order valence-corrected chi connectivity index (χ4v) is 3.74. The number of aromatic hydroxyl groups is 1. The normalized spacial score (nSPS) is 12.0. The van der Waals surface area contributed by atoms with Crippen LogP contribution in [-0.2, 0) is 9.47 Å². The summed E-state index contributed by atoms with van der Waals surface area (Å²) >= 11 is 1.06. The number of carbonyl (C=O) groups excluding carboxylic acids is 2. The van der Waals surface area contributed by atoms with Crippen molar-refractivity contribution in [1.29, 1.82) is 0 Å². The summed E-state index contributed by atoms with van der Waals surface area (Å²) in [6.07, 6.45) is -0.847. The van der Waals surface area contributed by atoms with Gasteiger partial charge in [-0.1, -0.05) is 6.07 Å². The quantitative estimate of drug-likeness (QED) is 0.630.